The van der Waals surface area contributed by atoms with Gasteiger partial charge >= 0.3 is 6.18 Å². The van der Waals surface area contributed by atoms with Crippen molar-refractivity contribution in [2.75, 3.05) is 5.75 Å². The Labute approximate surface area is 197 Å². The highest BCUT2D eigenvalue weighted by molar-refractivity contribution is 7.91. The number of hydrogen-bond donors (Lipinski definition) is 0. The zero-order chi connectivity index (χ0) is 25.5. The molecule has 182 valence electrons. The molecule has 35 heavy (non-hydrogen) atoms. The van der Waals surface area contributed by atoms with Crippen LogP contribution < -0.4 is 5.56 Å². The molecule has 9 nitrogen and oxygen atoms in total. The number of rotatable bonds is 4. The predicted octanol–water partition coefficient (Wildman–Crippen LogP) is 2.95. The molecule has 0 spiro atoms. The molecule has 0 atom stereocenters. The summed E-state index contributed by atoms with van der Waals surface area (Å²) in [4.78, 5) is 21.5. The standard InChI is InChI=1S/C22H19F3N6O3S/c1-4-35(33,34)20-16(28-15-9-12(5-8-31(15)20)21(11-26)6-7-21)18-27-13-10-14(22(23,24)25)29(2)19(32)17(13)30(18)3/h5,8-10H,4,6-7H2,1-3H3. The lowest BCUT2D eigenvalue weighted by Gasteiger charge is -2.11. The van der Waals surface area contributed by atoms with E-state index in [-0.39, 0.29) is 39.0 Å². The molecule has 1 fully saturated rings. The van der Waals surface area contributed by atoms with E-state index < -0.39 is 32.7 Å². The molecular weight excluding hydrogens is 485 g/mol. The van der Waals surface area contributed by atoms with Gasteiger partial charge in [-0.05, 0) is 36.6 Å². The first-order valence-electron chi connectivity index (χ1n) is 10.7. The van der Waals surface area contributed by atoms with E-state index in [0.717, 1.165) is 13.1 Å². The second-order valence-electron chi connectivity index (χ2n) is 8.63. The van der Waals surface area contributed by atoms with E-state index in [9.17, 15) is 31.6 Å². The first-order chi connectivity index (χ1) is 16.3. The normalized spacial score (nSPS) is 15.6. The number of pyridine rings is 2. The lowest BCUT2D eigenvalue weighted by atomic mass is 9.99. The number of alkyl halides is 3. The zero-order valence-electron chi connectivity index (χ0n) is 18.9. The van der Waals surface area contributed by atoms with Gasteiger partial charge in [0.15, 0.2) is 20.7 Å². The summed E-state index contributed by atoms with van der Waals surface area (Å²) in [6.07, 6.45) is -1.90. The Bertz CT molecular complexity index is 1750. The van der Waals surface area contributed by atoms with E-state index in [4.69, 9.17) is 0 Å². The molecule has 0 aromatic carbocycles. The Morgan fingerprint density at radius 2 is 1.86 bits per heavy atom. The maximum absolute atomic E-state index is 13.4. The minimum atomic E-state index is -4.78. The largest absolute Gasteiger partial charge is 0.431 e. The van der Waals surface area contributed by atoms with Crippen molar-refractivity contribution in [2.24, 2.45) is 14.1 Å². The van der Waals surface area contributed by atoms with E-state index in [0.29, 0.717) is 23.0 Å². The number of fused-ring (bicyclic) bond motifs is 2. The molecule has 5 rings (SSSR count). The van der Waals surface area contributed by atoms with Crippen LogP contribution in [0.25, 0.3) is 28.2 Å². The summed E-state index contributed by atoms with van der Waals surface area (Å²) >= 11 is 0. The number of halogens is 3. The molecule has 0 amide bonds. The lowest BCUT2D eigenvalue weighted by Crippen LogP contribution is -2.26. The number of nitriles is 1. The molecule has 4 heterocycles. The molecule has 0 bridgehead atoms. The minimum absolute atomic E-state index is 0.0601. The van der Waals surface area contributed by atoms with Crippen molar-refractivity contribution in [2.45, 2.75) is 36.4 Å². The minimum Gasteiger partial charge on any atom is -0.321 e. The van der Waals surface area contributed by atoms with Crippen molar-refractivity contribution in [3.63, 3.8) is 0 Å². The maximum atomic E-state index is 13.4. The number of sulfone groups is 1. The van der Waals surface area contributed by atoms with Gasteiger partial charge in [0, 0.05) is 20.3 Å². The van der Waals surface area contributed by atoms with Crippen LogP contribution in [0.3, 0.4) is 0 Å². The van der Waals surface area contributed by atoms with E-state index in [1.165, 1.54) is 29.1 Å². The maximum Gasteiger partial charge on any atom is 0.431 e. The van der Waals surface area contributed by atoms with E-state index >= 15 is 0 Å². The van der Waals surface area contributed by atoms with E-state index in [1.807, 2.05) is 0 Å². The SMILES string of the molecule is CCS(=O)(=O)c1c(-c2nc3cc(C(F)(F)F)n(C)c(=O)c3n2C)nc2cc(C3(C#N)CC3)ccn12. The Kier molecular flexibility index (Phi) is 4.73. The fourth-order valence-electron chi connectivity index (χ4n) is 4.34. The first-order valence-corrected chi connectivity index (χ1v) is 12.3. The molecule has 13 heteroatoms. The van der Waals surface area contributed by atoms with Gasteiger partial charge in [-0.1, -0.05) is 6.92 Å². The molecular formula is C22H19F3N6O3S. The average Bonchev–Trinajstić information content (AvgIpc) is 3.40. The van der Waals surface area contributed by atoms with E-state index in [2.05, 4.69) is 16.0 Å². The van der Waals surface area contributed by atoms with Crippen LogP contribution in [0.5, 0.6) is 0 Å². The molecule has 0 N–H and O–H groups in total. The summed E-state index contributed by atoms with van der Waals surface area (Å²) < 4.78 is 69.6. The molecule has 1 aliphatic rings. The van der Waals surface area contributed by atoms with Gasteiger partial charge in [0.1, 0.15) is 22.6 Å². The van der Waals surface area contributed by atoms with Gasteiger partial charge in [-0.3, -0.25) is 9.20 Å². The van der Waals surface area contributed by atoms with Crippen LogP contribution in [0, 0.1) is 11.3 Å². The second-order valence-corrected chi connectivity index (χ2v) is 10.8. The first kappa shape index (κ1) is 23.1. The Morgan fingerprint density at radius 3 is 2.43 bits per heavy atom. The number of aromatic nitrogens is 5. The highest BCUT2D eigenvalue weighted by Crippen LogP contribution is 2.48. The molecule has 1 saturated carbocycles. The van der Waals surface area contributed by atoms with Crippen LogP contribution in [0.2, 0.25) is 0 Å². The topological polar surface area (TPSA) is 115 Å². The van der Waals surface area contributed by atoms with Gasteiger partial charge in [0.2, 0.25) is 0 Å². The quantitative estimate of drug-likeness (QED) is 0.422. The summed E-state index contributed by atoms with van der Waals surface area (Å²) in [5.41, 5.74) is -2.19. The average molecular weight is 504 g/mol. The summed E-state index contributed by atoms with van der Waals surface area (Å²) in [7, 11) is -1.45. The Morgan fingerprint density at radius 1 is 1.17 bits per heavy atom. The van der Waals surface area contributed by atoms with Crippen molar-refractivity contribution in [3.8, 4) is 17.6 Å². The lowest BCUT2D eigenvalue weighted by molar-refractivity contribution is -0.143. The van der Waals surface area contributed by atoms with Gasteiger partial charge in [-0.2, -0.15) is 18.4 Å². The number of aryl methyl sites for hydroxylation is 1. The van der Waals surface area contributed by atoms with Crippen LogP contribution in [-0.4, -0.2) is 37.7 Å². The van der Waals surface area contributed by atoms with Crippen molar-refractivity contribution in [1.82, 2.24) is 23.5 Å². The highest BCUT2D eigenvalue weighted by atomic mass is 32.2. The third-order valence-electron chi connectivity index (χ3n) is 6.54. The van der Waals surface area contributed by atoms with Crippen molar-refractivity contribution < 1.29 is 21.6 Å². The summed E-state index contributed by atoms with van der Waals surface area (Å²) in [5, 5.41) is 9.35. The third-order valence-corrected chi connectivity index (χ3v) is 8.28. The van der Waals surface area contributed by atoms with Gasteiger partial charge in [0.05, 0.1) is 22.8 Å². The summed E-state index contributed by atoms with van der Waals surface area (Å²) in [6.45, 7) is 1.46. The monoisotopic (exact) mass is 504 g/mol. The molecule has 4 aromatic heterocycles. The Hall–Kier alpha value is -3.66. The van der Waals surface area contributed by atoms with Crippen LogP contribution in [0.1, 0.15) is 31.0 Å². The number of hydrogen-bond acceptors (Lipinski definition) is 6. The van der Waals surface area contributed by atoms with Crippen molar-refractivity contribution in [1.29, 1.82) is 5.26 Å². The number of imidazole rings is 2. The van der Waals surface area contributed by atoms with Crippen molar-refractivity contribution >= 4 is 26.5 Å². The highest BCUT2D eigenvalue weighted by Gasteiger charge is 2.45. The van der Waals surface area contributed by atoms with Gasteiger partial charge in [0.25, 0.3) is 5.56 Å². The molecule has 4 aromatic rings. The Balaban J connectivity index is 1.84. The molecule has 0 aliphatic heterocycles. The smallest absolute Gasteiger partial charge is 0.321 e. The van der Waals surface area contributed by atoms with E-state index in [1.54, 1.807) is 12.1 Å². The predicted molar refractivity (Wildman–Crippen MR) is 119 cm³/mol. The summed E-state index contributed by atoms with van der Waals surface area (Å²) in [5.74, 6) is -0.322. The van der Waals surface area contributed by atoms with Crippen LogP contribution in [0.15, 0.2) is 34.2 Å². The molecule has 0 saturated heterocycles. The van der Waals surface area contributed by atoms with Crippen LogP contribution in [-0.2, 0) is 35.5 Å². The fraction of sp³-hybridized carbons (Fsp3) is 0.364. The van der Waals surface area contributed by atoms with Gasteiger partial charge in [-0.25, -0.2) is 18.4 Å². The second kappa shape index (κ2) is 7.17. The van der Waals surface area contributed by atoms with Gasteiger partial charge in [-0.15, -0.1) is 0 Å². The van der Waals surface area contributed by atoms with Crippen LogP contribution in [0.4, 0.5) is 13.2 Å². The third kappa shape index (κ3) is 3.27. The van der Waals surface area contributed by atoms with Crippen LogP contribution >= 0.6 is 0 Å². The van der Waals surface area contributed by atoms with Gasteiger partial charge < -0.3 is 9.13 Å². The molecule has 0 radical (unpaired) electrons. The number of nitrogens with zero attached hydrogens (tertiary/aromatic N) is 6. The zero-order valence-corrected chi connectivity index (χ0v) is 19.7. The van der Waals surface area contributed by atoms with Crippen molar-refractivity contribution in [3.05, 3.63) is 46.0 Å². The molecule has 0 unspecified atom stereocenters. The fourth-order valence-corrected chi connectivity index (χ4v) is 5.50. The molecule has 1 aliphatic carbocycles. The summed E-state index contributed by atoms with van der Waals surface area (Å²) in [6, 6.07) is 6.35.